The Bertz CT molecular complexity index is 755. The van der Waals surface area contributed by atoms with Crippen LogP contribution in [0.1, 0.15) is 15.4 Å². The molecule has 0 spiro atoms. The van der Waals surface area contributed by atoms with Gasteiger partial charge in [0.2, 0.25) is 0 Å². The van der Waals surface area contributed by atoms with Crippen molar-refractivity contribution in [3.63, 3.8) is 0 Å². The molecule has 0 aromatic carbocycles. The molecule has 0 saturated heterocycles. The lowest BCUT2D eigenvalue weighted by Crippen LogP contribution is -2.23. The van der Waals surface area contributed by atoms with Crippen molar-refractivity contribution < 1.29 is 9.21 Å². The molecule has 1 amide bonds. The fourth-order valence-corrected chi connectivity index (χ4v) is 3.14. The van der Waals surface area contributed by atoms with Crippen LogP contribution in [-0.4, -0.2) is 15.9 Å². The third-order valence-electron chi connectivity index (χ3n) is 2.74. The maximum absolute atomic E-state index is 12.0. The zero-order chi connectivity index (χ0) is 14.7. The van der Waals surface area contributed by atoms with Crippen LogP contribution in [0.4, 0.5) is 0 Å². The lowest BCUT2D eigenvalue weighted by molar-refractivity contribution is 0.0954. The Balaban J connectivity index is 1.75. The predicted molar refractivity (Wildman–Crippen MR) is 82.9 cm³/mol. The number of halogens is 1. The predicted octanol–water partition coefficient (Wildman–Crippen LogP) is 3.49. The number of nitrogens with zero attached hydrogens (tertiary/aromatic N) is 2. The zero-order valence-electron chi connectivity index (χ0n) is 10.7. The molecule has 3 rings (SSSR count). The molecule has 0 unspecified atom stereocenters. The van der Waals surface area contributed by atoms with E-state index in [1.54, 1.807) is 30.8 Å². The first-order valence-corrected chi connectivity index (χ1v) is 7.77. The Kier molecular flexibility index (Phi) is 4.12. The van der Waals surface area contributed by atoms with E-state index in [2.05, 4.69) is 31.2 Å². The summed E-state index contributed by atoms with van der Waals surface area (Å²) in [5, 5.41) is 4.70. The van der Waals surface area contributed by atoms with Gasteiger partial charge in [-0.3, -0.25) is 9.78 Å². The number of carbonyl (C=O) groups is 1. The average Bonchev–Trinajstić information content (AvgIpc) is 3.16. The SMILES string of the molecule is O=C(NCc1nccnc1-c1ccco1)c1cc(Br)cs1. The molecule has 3 aromatic rings. The lowest BCUT2D eigenvalue weighted by atomic mass is 10.2. The number of hydrogen-bond acceptors (Lipinski definition) is 5. The summed E-state index contributed by atoms with van der Waals surface area (Å²) < 4.78 is 6.23. The van der Waals surface area contributed by atoms with Crippen molar-refractivity contribution in [2.45, 2.75) is 6.54 Å². The molecule has 0 saturated carbocycles. The molecular weight excluding hydrogens is 354 g/mol. The highest BCUT2D eigenvalue weighted by Crippen LogP contribution is 2.21. The van der Waals surface area contributed by atoms with Crippen molar-refractivity contribution in [3.8, 4) is 11.5 Å². The van der Waals surface area contributed by atoms with Crippen LogP contribution in [0.2, 0.25) is 0 Å². The molecule has 0 bridgehead atoms. The van der Waals surface area contributed by atoms with Crippen molar-refractivity contribution in [2.75, 3.05) is 0 Å². The van der Waals surface area contributed by atoms with Crippen LogP contribution in [0, 0.1) is 0 Å². The zero-order valence-corrected chi connectivity index (χ0v) is 13.1. The minimum Gasteiger partial charge on any atom is -0.463 e. The Hall–Kier alpha value is -1.99. The monoisotopic (exact) mass is 363 g/mol. The van der Waals surface area contributed by atoms with Crippen LogP contribution in [0.15, 0.2) is 51.1 Å². The number of carbonyl (C=O) groups excluding carboxylic acids is 1. The van der Waals surface area contributed by atoms with Gasteiger partial charge in [-0.2, -0.15) is 0 Å². The Morgan fingerprint density at radius 1 is 1.38 bits per heavy atom. The van der Waals surface area contributed by atoms with Crippen LogP contribution < -0.4 is 5.32 Å². The van der Waals surface area contributed by atoms with Gasteiger partial charge in [0.1, 0.15) is 5.69 Å². The maximum Gasteiger partial charge on any atom is 0.261 e. The number of amides is 1. The molecule has 0 aliphatic rings. The van der Waals surface area contributed by atoms with Crippen molar-refractivity contribution in [1.82, 2.24) is 15.3 Å². The highest BCUT2D eigenvalue weighted by molar-refractivity contribution is 9.10. The molecule has 3 aromatic heterocycles. The molecule has 1 N–H and O–H groups in total. The van der Waals surface area contributed by atoms with E-state index in [9.17, 15) is 4.79 Å². The largest absolute Gasteiger partial charge is 0.463 e. The van der Waals surface area contributed by atoms with Gasteiger partial charge in [0, 0.05) is 22.2 Å². The van der Waals surface area contributed by atoms with Crippen LogP contribution in [0.5, 0.6) is 0 Å². The average molecular weight is 364 g/mol. The van der Waals surface area contributed by atoms with Crippen LogP contribution in [0.25, 0.3) is 11.5 Å². The van der Waals surface area contributed by atoms with Crippen molar-refractivity contribution in [2.24, 2.45) is 0 Å². The normalized spacial score (nSPS) is 10.5. The number of rotatable bonds is 4. The summed E-state index contributed by atoms with van der Waals surface area (Å²) in [5.41, 5.74) is 1.30. The smallest absolute Gasteiger partial charge is 0.261 e. The summed E-state index contributed by atoms with van der Waals surface area (Å²) in [7, 11) is 0. The first kappa shape index (κ1) is 14.0. The second-order valence-electron chi connectivity index (χ2n) is 4.14. The van der Waals surface area contributed by atoms with E-state index in [1.165, 1.54) is 11.3 Å². The highest BCUT2D eigenvalue weighted by atomic mass is 79.9. The molecule has 0 aliphatic carbocycles. The fraction of sp³-hybridized carbons (Fsp3) is 0.0714. The van der Waals surface area contributed by atoms with E-state index in [0.717, 1.165) is 4.47 Å². The fourth-order valence-electron chi connectivity index (χ4n) is 1.80. The van der Waals surface area contributed by atoms with Crippen molar-refractivity contribution in [3.05, 3.63) is 57.3 Å². The van der Waals surface area contributed by atoms with E-state index in [4.69, 9.17) is 4.42 Å². The van der Waals surface area contributed by atoms with Gasteiger partial charge < -0.3 is 9.73 Å². The third-order valence-corrected chi connectivity index (χ3v) is 4.43. The standard InChI is InChI=1S/C14H10BrN3O2S/c15-9-6-12(21-8-9)14(19)18-7-10-13(17-4-3-16-10)11-2-1-5-20-11/h1-6,8H,7H2,(H,18,19). The Morgan fingerprint density at radius 3 is 2.95 bits per heavy atom. The first-order chi connectivity index (χ1) is 10.2. The van der Waals surface area contributed by atoms with Gasteiger partial charge in [0.15, 0.2) is 5.76 Å². The molecule has 3 heterocycles. The number of aromatic nitrogens is 2. The van der Waals surface area contributed by atoms with Crippen molar-refractivity contribution in [1.29, 1.82) is 0 Å². The van der Waals surface area contributed by atoms with Gasteiger partial charge in [-0.1, -0.05) is 0 Å². The summed E-state index contributed by atoms with van der Waals surface area (Å²) in [6.45, 7) is 0.290. The summed E-state index contributed by atoms with van der Waals surface area (Å²) in [6.07, 6.45) is 4.77. The maximum atomic E-state index is 12.0. The number of nitrogens with one attached hydrogen (secondary N) is 1. The van der Waals surface area contributed by atoms with Crippen molar-refractivity contribution >= 4 is 33.2 Å². The van der Waals surface area contributed by atoms with E-state index in [-0.39, 0.29) is 12.5 Å². The third kappa shape index (κ3) is 3.20. The first-order valence-electron chi connectivity index (χ1n) is 6.10. The summed E-state index contributed by atoms with van der Waals surface area (Å²) >= 11 is 4.71. The summed E-state index contributed by atoms with van der Waals surface area (Å²) in [6, 6.07) is 5.38. The lowest BCUT2D eigenvalue weighted by Gasteiger charge is -2.06. The van der Waals surface area contributed by atoms with E-state index >= 15 is 0 Å². The second-order valence-corrected chi connectivity index (χ2v) is 5.97. The molecule has 0 atom stereocenters. The minimum atomic E-state index is -0.137. The minimum absolute atomic E-state index is 0.137. The van der Waals surface area contributed by atoms with Gasteiger partial charge in [0.25, 0.3) is 5.91 Å². The number of thiophene rings is 1. The molecule has 7 heteroatoms. The topological polar surface area (TPSA) is 68.0 Å². The molecule has 5 nitrogen and oxygen atoms in total. The highest BCUT2D eigenvalue weighted by Gasteiger charge is 2.13. The van der Waals surface area contributed by atoms with Crippen LogP contribution >= 0.6 is 27.3 Å². The Morgan fingerprint density at radius 2 is 2.24 bits per heavy atom. The summed E-state index contributed by atoms with van der Waals surface area (Å²) in [4.78, 5) is 21.2. The Labute approximate surface area is 133 Å². The second kappa shape index (κ2) is 6.19. The van der Waals surface area contributed by atoms with Crippen LogP contribution in [-0.2, 0) is 6.54 Å². The van der Waals surface area contributed by atoms with E-state index in [0.29, 0.717) is 22.0 Å². The van der Waals surface area contributed by atoms with Gasteiger partial charge >= 0.3 is 0 Å². The summed E-state index contributed by atoms with van der Waals surface area (Å²) in [5.74, 6) is 0.493. The molecule has 21 heavy (non-hydrogen) atoms. The van der Waals surface area contributed by atoms with Crippen LogP contribution in [0.3, 0.4) is 0 Å². The quantitative estimate of drug-likeness (QED) is 0.770. The molecule has 0 aliphatic heterocycles. The van der Waals surface area contributed by atoms with Gasteiger partial charge in [-0.25, -0.2) is 4.98 Å². The molecule has 106 valence electrons. The van der Waals surface area contributed by atoms with E-state index < -0.39 is 0 Å². The number of hydrogen-bond donors (Lipinski definition) is 1. The van der Waals surface area contributed by atoms with Gasteiger partial charge in [-0.05, 0) is 34.1 Å². The van der Waals surface area contributed by atoms with E-state index in [1.807, 2.05) is 11.4 Å². The van der Waals surface area contributed by atoms with Gasteiger partial charge in [-0.15, -0.1) is 11.3 Å². The molecule has 0 fully saturated rings. The van der Waals surface area contributed by atoms with Gasteiger partial charge in [0.05, 0.1) is 23.4 Å². The molecule has 0 radical (unpaired) electrons. The molecular formula is C14H10BrN3O2S. The number of furan rings is 1.